The molecule has 0 radical (unpaired) electrons. The third kappa shape index (κ3) is 5.21. The number of nitrogens with one attached hydrogen (secondary N) is 2. The van der Waals surface area contributed by atoms with Crippen molar-refractivity contribution in [1.82, 2.24) is 0 Å². The van der Waals surface area contributed by atoms with Crippen molar-refractivity contribution in [2.24, 2.45) is 0 Å². The lowest BCUT2D eigenvalue weighted by Gasteiger charge is -1.93. The number of rotatable bonds is 5. The van der Waals surface area contributed by atoms with E-state index in [1.807, 2.05) is 0 Å². The van der Waals surface area contributed by atoms with Gasteiger partial charge in [-0.25, -0.2) is 0 Å². The molecular weight excluding hydrogens is 112 g/mol. The minimum atomic E-state index is 0.448. The molecule has 2 N–H and O–H groups in total. The Morgan fingerprint density at radius 2 is 2.11 bits per heavy atom. The molecule has 0 aromatic carbocycles. The van der Waals surface area contributed by atoms with E-state index in [0.29, 0.717) is 5.71 Å². The molecule has 0 aliphatic carbocycles. The van der Waals surface area contributed by atoms with Crippen molar-refractivity contribution in [3.05, 3.63) is 0 Å². The smallest absolute Gasteiger partial charge is 0.0489 e. The highest BCUT2D eigenvalue weighted by atomic mass is 14.4. The first kappa shape index (κ1) is 8.34. The summed E-state index contributed by atoms with van der Waals surface area (Å²) >= 11 is 0. The van der Waals surface area contributed by atoms with Gasteiger partial charge in [-0.3, -0.25) is 0 Å². The molecule has 0 saturated heterocycles. The molecule has 52 valence electrons. The molecule has 0 bridgehead atoms. The molecule has 0 fully saturated rings. The first-order chi connectivity index (χ1) is 4.31. The van der Waals surface area contributed by atoms with Gasteiger partial charge in [-0.2, -0.15) is 0 Å². The highest BCUT2D eigenvalue weighted by Crippen LogP contribution is 1.97. The fourth-order valence-corrected chi connectivity index (χ4v) is 0.638. The normalized spacial score (nSPS) is 9.00. The van der Waals surface area contributed by atoms with E-state index < -0.39 is 0 Å². The summed E-state index contributed by atoms with van der Waals surface area (Å²) in [5.41, 5.74) is 0.448. The Morgan fingerprint density at radius 3 is 2.56 bits per heavy atom. The summed E-state index contributed by atoms with van der Waals surface area (Å²) in [6.45, 7) is 2.13. The third-order valence-electron chi connectivity index (χ3n) is 1.22. The summed E-state index contributed by atoms with van der Waals surface area (Å²) < 4.78 is 0. The van der Waals surface area contributed by atoms with E-state index in [9.17, 15) is 0 Å². The molecule has 9 heavy (non-hydrogen) atoms. The molecule has 2 nitrogen and oxygen atoms in total. The molecule has 0 spiro atoms. The molecule has 0 aliphatic heterocycles. The van der Waals surface area contributed by atoms with Crippen LogP contribution in [-0.4, -0.2) is 11.9 Å². The first-order valence-corrected chi connectivity index (χ1v) is 3.39. The van der Waals surface area contributed by atoms with Crippen molar-refractivity contribution in [1.29, 1.82) is 10.8 Å². The van der Waals surface area contributed by atoms with E-state index in [2.05, 4.69) is 6.92 Å². The first-order valence-electron chi connectivity index (χ1n) is 3.39. The van der Waals surface area contributed by atoms with Crippen LogP contribution in [0.25, 0.3) is 0 Å². The molecule has 0 saturated carbocycles. The molecule has 0 rings (SSSR count). The second kappa shape index (κ2) is 5.48. The Balaban J connectivity index is 3.07. The summed E-state index contributed by atoms with van der Waals surface area (Å²) in [4.78, 5) is 0. The minimum Gasteiger partial charge on any atom is -0.307 e. The van der Waals surface area contributed by atoms with Gasteiger partial charge in [-0.1, -0.05) is 19.8 Å². The van der Waals surface area contributed by atoms with Crippen molar-refractivity contribution in [2.75, 3.05) is 0 Å². The zero-order valence-corrected chi connectivity index (χ0v) is 5.91. The van der Waals surface area contributed by atoms with Crippen LogP contribution in [0.3, 0.4) is 0 Å². The fraction of sp³-hybridized carbons (Fsp3) is 0.714. The Bertz CT molecular complexity index is 97.1. The van der Waals surface area contributed by atoms with Gasteiger partial charge in [0.2, 0.25) is 0 Å². The van der Waals surface area contributed by atoms with E-state index in [1.54, 1.807) is 0 Å². The zero-order valence-electron chi connectivity index (χ0n) is 5.91. The van der Waals surface area contributed by atoms with E-state index >= 15 is 0 Å². The lowest BCUT2D eigenvalue weighted by molar-refractivity contribution is 0.743. The van der Waals surface area contributed by atoms with E-state index in [-0.39, 0.29) is 0 Å². The number of hydrogen-bond acceptors (Lipinski definition) is 2. The molecule has 2 heteroatoms. The average Bonchev–Trinajstić information content (AvgIpc) is 1.89. The monoisotopic (exact) mass is 126 g/mol. The van der Waals surface area contributed by atoms with Crippen LogP contribution in [0.5, 0.6) is 0 Å². The second-order valence-corrected chi connectivity index (χ2v) is 2.13. The summed E-state index contributed by atoms with van der Waals surface area (Å²) in [6, 6.07) is 0. The quantitative estimate of drug-likeness (QED) is 0.419. The standard InChI is InChI=1S/C7H14N2/c1-2-3-4-5-7(9)6-8/h6,8-9H,2-5H2,1H3. The van der Waals surface area contributed by atoms with Gasteiger partial charge in [0.05, 0.1) is 0 Å². The van der Waals surface area contributed by atoms with Crippen molar-refractivity contribution in [2.45, 2.75) is 32.6 Å². The van der Waals surface area contributed by atoms with Gasteiger partial charge in [0.15, 0.2) is 0 Å². The lowest BCUT2D eigenvalue weighted by Crippen LogP contribution is -1.95. The maximum absolute atomic E-state index is 7.07. The van der Waals surface area contributed by atoms with Crippen molar-refractivity contribution in [3.63, 3.8) is 0 Å². The van der Waals surface area contributed by atoms with Gasteiger partial charge in [0, 0.05) is 11.9 Å². The van der Waals surface area contributed by atoms with Crippen LogP contribution in [0, 0.1) is 10.8 Å². The van der Waals surface area contributed by atoms with Crippen LogP contribution in [0.4, 0.5) is 0 Å². The van der Waals surface area contributed by atoms with Crippen LogP contribution in [0.1, 0.15) is 32.6 Å². The predicted octanol–water partition coefficient (Wildman–Crippen LogP) is 2.24. The van der Waals surface area contributed by atoms with Crippen molar-refractivity contribution >= 4 is 11.9 Å². The van der Waals surface area contributed by atoms with Gasteiger partial charge in [-0.15, -0.1) is 0 Å². The van der Waals surface area contributed by atoms with Crippen LogP contribution < -0.4 is 0 Å². The molecule has 0 atom stereocenters. The van der Waals surface area contributed by atoms with Crippen LogP contribution in [0.2, 0.25) is 0 Å². The highest BCUT2D eigenvalue weighted by Gasteiger charge is 1.89. The van der Waals surface area contributed by atoms with Gasteiger partial charge in [0.1, 0.15) is 0 Å². The average molecular weight is 126 g/mol. The van der Waals surface area contributed by atoms with Crippen LogP contribution in [0.15, 0.2) is 0 Å². The van der Waals surface area contributed by atoms with Crippen molar-refractivity contribution < 1.29 is 0 Å². The molecule has 0 aromatic heterocycles. The molecule has 0 aromatic rings. The Morgan fingerprint density at radius 1 is 1.44 bits per heavy atom. The Kier molecular flexibility index (Phi) is 5.07. The second-order valence-electron chi connectivity index (χ2n) is 2.13. The zero-order chi connectivity index (χ0) is 7.11. The Labute approximate surface area is 56.3 Å². The summed E-state index contributed by atoms with van der Waals surface area (Å²) in [7, 11) is 0. The maximum Gasteiger partial charge on any atom is 0.0489 e. The number of unbranched alkanes of at least 4 members (excludes halogenated alkanes) is 2. The summed E-state index contributed by atoms with van der Waals surface area (Å²) in [6.07, 6.45) is 5.32. The molecule has 0 unspecified atom stereocenters. The molecule has 0 amide bonds. The third-order valence-corrected chi connectivity index (χ3v) is 1.22. The van der Waals surface area contributed by atoms with Crippen LogP contribution in [-0.2, 0) is 0 Å². The highest BCUT2D eigenvalue weighted by molar-refractivity contribution is 6.27. The van der Waals surface area contributed by atoms with Gasteiger partial charge < -0.3 is 10.8 Å². The molecule has 0 heterocycles. The van der Waals surface area contributed by atoms with Gasteiger partial charge in [-0.05, 0) is 12.8 Å². The summed E-state index contributed by atoms with van der Waals surface area (Å²) in [5, 5.41) is 13.8. The van der Waals surface area contributed by atoms with Crippen LogP contribution >= 0.6 is 0 Å². The maximum atomic E-state index is 7.07. The minimum absolute atomic E-state index is 0.448. The molecule has 0 aliphatic rings. The number of hydrogen-bond donors (Lipinski definition) is 2. The Hall–Kier alpha value is -0.660. The topological polar surface area (TPSA) is 47.7 Å². The van der Waals surface area contributed by atoms with E-state index in [0.717, 1.165) is 19.1 Å². The largest absolute Gasteiger partial charge is 0.307 e. The summed E-state index contributed by atoms with van der Waals surface area (Å²) in [5.74, 6) is 0. The lowest BCUT2D eigenvalue weighted by atomic mass is 10.1. The fourth-order valence-electron chi connectivity index (χ4n) is 0.638. The van der Waals surface area contributed by atoms with Crippen molar-refractivity contribution in [3.8, 4) is 0 Å². The molecular formula is C7H14N2. The van der Waals surface area contributed by atoms with E-state index in [4.69, 9.17) is 10.8 Å². The van der Waals surface area contributed by atoms with E-state index in [1.165, 1.54) is 12.8 Å². The van der Waals surface area contributed by atoms with Gasteiger partial charge in [0.25, 0.3) is 0 Å². The predicted molar refractivity (Wildman–Crippen MR) is 40.7 cm³/mol. The SMILES string of the molecule is CCCCCC(=N)C=N. The van der Waals surface area contributed by atoms with Gasteiger partial charge >= 0.3 is 0 Å².